The molecule has 0 aromatic heterocycles. The minimum absolute atomic E-state index is 0.00417. The van der Waals surface area contributed by atoms with E-state index in [0.29, 0.717) is 16.2 Å². The zero-order valence-corrected chi connectivity index (χ0v) is 26.5. The monoisotopic (exact) mass is 609 g/mol. The fraction of sp³-hybridized carbons (Fsp3) is 0.700. The number of amides is 1. The third-order valence-corrected chi connectivity index (χ3v) is 13.8. The lowest BCUT2D eigenvalue weighted by Crippen LogP contribution is -2.56. The molecule has 1 amide bonds. The highest BCUT2D eigenvalue weighted by Gasteiger charge is 2.49. The zero-order valence-electron chi connectivity index (χ0n) is 24.1. The summed E-state index contributed by atoms with van der Waals surface area (Å²) in [5.41, 5.74) is 1.26. The summed E-state index contributed by atoms with van der Waals surface area (Å²) >= 11 is 8.29. The summed E-state index contributed by atoms with van der Waals surface area (Å²) in [4.78, 5) is 17.6. The number of hydrogen-bond donors (Lipinski definition) is 0. The summed E-state index contributed by atoms with van der Waals surface area (Å²) in [6, 6.07) is 5.11. The number of benzene rings is 1. The van der Waals surface area contributed by atoms with Crippen LogP contribution < -0.4 is 0 Å². The van der Waals surface area contributed by atoms with Crippen molar-refractivity contribution in [3.05, 3.63) is 40.3 Å². The van der Waals surface area contributed by atoms with Crippen LogP contribution in [0, 0.1) is 12.3 Å². The van der Waals surface area contributed by atoms with E-state index in [1.165, 1.54) is 36.4 Å². The number of allylic oxidation sites excluding steroid dienone is 1. The number of hydrogen-bond acceptors (Lipinski definition) is 6. The van der Waals surface area contributed by atoms with Crippen LogP contribution in [0.15, 0.2) is 34.6 Å². The smallest absolute Gasteiger partial charge is 0.248 e. The van der Waals surface area contributed by atoms with Crippen LogP contribution in [0.5, 0.6) is 0 Å². The molecule has 1 spiro atoms. The number of nitrogens with zero attached hydrogens (tertiary/aromatic N) is 3. The molecule has 40 heavy (non-hydrogen) atoms. The van der Waals surface area contributed by atoms with E-state index in [1.54, 1.807) is 25.1 Å². The molecule has 0 bridgehead atoms. The van der Waals surface area contributed by atoms with Crippen molar-refractivity contribution in [2.45, 2.75) is 86.4 Å². The first-order chi connectivity index (χ1) is 19.1. The van der Waals surface area contributed by atoms with Crippen molar-refractivity contribution >= 4 is 39.3 Å². The highest BCUT2D eigenvalue weighted by Crippen LogP contribution is 2.53. The molecule has 2 aliphatic heterocycles. The van der Waals surface area contributed by atoms with Crippen molar-refractivity contribution in [3.63, 3.8) is 0 Å². The van der Waals surface area contributed by atoms with Crippen molar-refractivity contribution in [1.29, 1.82) is 0 Å². The summed E-state index contributed by atoms with van der Waals surface area (Å²) in [6.45, 7) is 3.72. The minimum atomic E-state index is -3.74. The Kier molecular flexibility index (Phi) is 9.30. The number of ether oxygens (including phenoxy) is 1. The summed E-state index contributed by atoms with van der Waals surface area (Å²) in [7, 11) is 0.753. The molecule has 1 aromatic rings. The first-order valence-electron chi connectivity index (χ1n) is 14.7. The molecule has 2 aliphatic carbocycles. The van der Waals surface area contributed by atoms with Crippen LogP contribution >= 0.6 is 23.4 Å². The average molecular weight is 610 g/mol. The van der Waals surface area contributed by atoms with E-state index in [9.17, 15) is 13.2 Å². The lowest BCUT2D eigenvalue weighted by molar-refractivity contribution is -0.139. The second-order valence-electron chi connectivity index (χ2n) is 12.4. The summed E-state index contributed by atoms with van der Waals surface area (Å²) in [5, 5.41) is 3.16. The Morgan fingerprint density at radius 3 is 2.40 bits per heavy atom. The molecule has 1 unspecified atom stereocenters. The zero-order chi connectivity index (χ0) is 28.5. The predicted octanol–water partition coefficient (Wildman–Crippen LogP) is 5.32. The van der Waals surface area contributed by atoms with Gasteiger partial charge in [-0.15, -0.1) is 11.8 Å². The number of piperidine rings is 1. The Labute approximate surface area is 249 Å². The number of halogens is 1. The number of likely N-dealkylation sites (tertiary alicyclic amines) is 1. The number of carbonyl (C=O) groups is 1. The average Bonchev–Trinajstić information content (AvgIpc) is 3.60. The second-order valence-corrected chi connectivity index (χ2v) is 15.7. The van der Waals surface area contributed by atoms with Gasteiger partial charge in [-0.3, -0.25) is 4.79 Å². The number of rotatable bonds is 10. The maximum atomic E-state index is 13.4. The maximum absolute atomic E-state index is 13.4. The van der Waals surface area contributed by atoms with Gasteiger partial charge in [-0.1, -0.05) is 29.8 Å². The largest absolute Gasteiger partial charge is 0.370 e. The van der Waals surface area contributed by atoms with Crippen LogP contribution in [0.4, 0.5) is 0 Å². The lowest BCUT2D eigenvalue weighted by Gasteiger charge is -2.54. The number of sulfonamides is 1. The summed E-state index contributed by atoms with van der Waals surface area (Å²) < 4.78 is 34.1. The van der Waals surface area contributed by atoms with E-state index in [-0.39, 0.29) is 47.2 Å². The molecule has 1 aromatic carbocycles. The van der Waals surface area contributed by atoms with Crippen molar-refractivity contribution in [1.82, 2.24) is 14.1 Å². The summed E-state index contributed by atoms with van der Waals surface area (Å²) in [6.07, 6.45) is 12.2. The predicted molar refractivity (Wildman–Crippen MR) is 162 cm³/mol. The van der Waals surface area contributed by atoms with Gasteiger partial charge in [0.15, 0.2) is 0 Å². The van der Waals surface area contributed by atoms with E-state index in [0.717, 1.165) is 38.8 Å². The van der Waals surface area contributed by atoms with Crippen molar-refractivity contribution in [3.8, 4) is 0 Å². The van der Waals surface area contributed by atoms with Gasteiger partial charge >= 0.3 is 0 Å². The molecule has 4 aliphatic rings. The standard InChI is InChI=1S/C30H44ClN3O4S2/c1-23-6-4-7-25(31)28(23)40(36,37)34(24-9-10-24)19-20-38-22-27(35)33-17-15-29(16-18-33)11-13-30(14-12-29,32(2)3)26-8-5-21-39-26/h4-7,21,24,26H,8-20,22H2,1-3H3. The van der Waals surface area contributed by atoms with Crippen LogP contribution in [0.2, 0.25) is 5.02 Å². The molecule has 0 N–H and O–H groups in total. The Morgan fingerprint density at radius 2 is 1.82 bits per heavy atom. The van der Waals surface area contributed by atoms with Gasteiger partial charge in [0.2, 0.25) is 15.9 Å². The van der Waals surface area contributed by atoms with Crippen molar-refractivity contribution in [2.24, 2.45) is 5.41 Å². The second kappa shape index (κ2) is 12.3. The van der Waals surface area contributed by atoms with Gasteiger partial charge in [0.1, 0.15) is 11.5 Å². The van der Waals surface area contributed by atoms with Crippen LogP contribution in [0.25, 0.3) is 0 Å². The normalized spacial score (nSPS) is 24.4. The molecular weight excluding hydrogens is 566 g/mol. The van der Waals surface area contributed by atoms with Gasteiger partial charge in [-0.05, 0) is 101 Å². The highest BCUT2D eigenvalue weighted by molar-refractivity contribution is 8.03. The fourth-order valence-corrected chi connectivity index (χ4v) is 10.8. The van der Waals surface area contributed by atoms with Crippen LogP contribution in [-0.4, -0.2) is 92.2 Å². The molecule has 1 saturated heterocycles. The van der Waals surface area contributed by atoms with Crippen LogP contribution in [0.3, 0.4) is 0 Å². The third kappa shape index (κ3) is 6.16. The Bertz CT molecular complexity index is 1170. The molecule has 5 rings (SSSR count). The summed E-state index contributed by atoms with van der Waals surface area (Å²) in [5.74, 6) is 0.00417. The molecule has 2 saturated carbocycles. The van der Waals surface area contributed by atoms with Gasteiger partial charge in [-0.25, -0.2) is 8.42 Å². The van der Waals surface area contributed by atoms with Crippen LogP contribution in [0.1, 0.15) is 63.4 Å². The molecule has 3 fully saturated rings. The first kappa shape index (κ1) is 30.4. The van der Waals surface area contributed by atoms with Gasteiger partial charge in [0, 0.05) is 36.5 Å². The molecule has 7 nitrogen and oxygen atoms in total. The third-order valence-electron chi connectivity index (χ3n) is 9.90. The number of aryl methyl sites for hydroxylation is 1. The van der Waals surface area contributed by atoms with Gasteiger partial charge in [-0.2, -0.15) is 4.31 Å². The Hall–Kier alpha value is -1.10. The molecule has 222 valence electrons. The Morgan fingerprint density at radius 1 is 1.12 bits per heavy atom. The van der Waals surface area contributed by atoms with Crippen molar-refractivity contribution < 1.29 is 17.9 Å². The van der Waals surface area contributed by atoms with Crippen molar-refractivity contribution in [2.75, 3.05) is 46.9 Å². The number of thioether (sulfide) groups is 1. The number of carbonyl (C=O) groups excluding carboxylic acids is 1. The Balaban J connectivity index is 1.09. The van der Waals surface area contributed by atoms with E-state index >= 15 is 0 Å². The maximum Gasteiger partial charge on any atom is 0.248 e. The van der Waals surface area contributed by atoms with Gasteiger partial charge in [0.05, 0.1) is 11.6 Å². The minimum Gasteiger partial charge on any atom is -0.370 e. The first-order valence-corrected chi connectivity index (χ1v) is 17.4. The molecule has 1 atom stereocenters. The molecule has 2 heterocycles. The molecule has 0 radical (unpaired) electrons. The highest BCUT2D eigenvalue weighted by atomic mass is 35.5. The topological polar surface area (TPSA) is 70.2 Å². The molecular formula is C30H44ClN3O4S2. The van der Waals surface area contributed by atoms with Crippen LogP contribution in [-0.2, 0) is 19.6 Å². The van der Waals surface area contributed by atoms with E-state index in [4.69, 9.17) is 16.3 Å². The van der Waals surface area contributed by atoms with E-state index in [2.05, 4.69) is 30.5 Å². The SMILES string of the molecule is Cc1cccc(Cl)c1S(=O)(=O)N(CCOCC(=O)N1CCC2(CC1)CCC(C1CC=CS1)(N(C)C)CC2)C1CC1. The van der Waals surface area contributed by atoms with Gasteiger partial charge in [0.25, 0.3) is 0 Å². The molecule has 10 heteroatoms. The van der Waals surface area contributed by atoms with Gasteiger partial charge < -0.3 is 14.5 Å². The quantitative estimate of drug-likeness (QED) is 0.335. The lowest BCUT2D eigenvalue weighted by atomic mass is 9.62. The fourth-order valence-electron chi connectivity index (χ4n) is 7.06. The van der Waals surface area contributed by atoms with E-state index < -0.39 is 10.0 Å². The van der Waals surface area contributed by atoms with E-state index in [1.807, 2.05) is 16.7 Å².